The third kappa shape index (κ3) is 2.41. The van der Waals surface area contributed by atoms with Crippen LogP contribution in [-0.4, -0.2) is 40.4 Å². The number of Topliss-reactive ketones (excluding diaryl/α,β-unsaturated/α-hetero) is 1. The van der Waals surface area contributed by atoms with Crippen LogP contribution in [0.2, 0.25) is 5.02 Å². The number of piperidine rings is 1. The van der Waals surface area contributed by atoms with Crippen molar-refractivity contribution in [1.29, 1.82) is 0 Å². The Balaban J connectivity index is 1.24. The van der Waals surface area contributed by atoms with Crippen LogP contribution >= 0.6 is 11.6 Å². The molecule has 1 amide bonds. The Morgan fingerprint density at radius 2 is 2.08 bits per heavy atom. The lowest BCUT2D eigenvalue weighted by molar-refractivity contribution is -0.141. The van der Waals surface area contributed by atoms with E-state index in [9.17, 15) is 14.7 Å². The molecule has 6 rings (SSSR count). The lowest BCUT2D eigenvalue weighted by Gasteiger charge is -2.36. The lowest BCUT2D eigenvalue weighted by atomic mass is 9.89. The number of hydrogen-bond acceptors (Lipinski definition) is 3. The normalized spacial score (nSPS) is 35.8. The largest absolute Gasteiger partial charge is 0.377 e. The van der Waals surface area contributed by atoms with Crippen LogP contribution in [-0.2, 0) is 9.59 Å². The van der Waals surface area contributed by atoms with Crippen LogP contribution in [0.5, 0.6) is 0 Å². The first-order valence-corrected chi connectivity index (χ1v) is 9.68. The van der Waals surface area contributed by atoms with Crippen molar-refractivity contribution in [2.75, 3.05) is 13.1 Å². The van der Waals surface area contributed by atoms with Crippen molar-refractivity contribution in [3.05, 3.63) is 34.9 Å². The Labute approximate surface area is 157 Å². The smallest absolute Gasteiger partial charge is 0.226 e. The van der Waals surface area contributed by atoms with Gasteiger partial charge in [0.25, 0.3) is 0 Å². The molecule has 4 saturated carbocycles. The summed E-state index contributed by atoms with van der Waals surface area (Å²) in [7, 11) is 0. The maximum absolute atomic E-state index is 12.9. The molecule has 4 bridgehead atoms. The van der Waals surface area contributed by atoms with Gasteiger partial charge in [0, 0.05) is 48.4 Å². The standard InChI is InChI=1S/C21H20ClNO3/c22-13-3-1-2-12(10-13)4-5-21(26)6-8-23(9-7-21)20(25)18-15-11-14-16(18)17(14)19(15)24/h1-3,10,14-18,26H,6-9,11H2. The monoisotopic (exact) mass is 369 g/mol. The quantitative estimate of drug-likeness (QED) is 0.771. The number of hydrogen-bond donors (Lipinski definition) is 1. The molecule has 1 aliphatic heterocycles. The van der Waals surface area contributed by atoms with Gasteiger partial charge < -0.3 is 10.0 Å². The van der Waals surface area contributed by atoms with E-state index >= 15 is 0 Å². The van der Waals surface area contributed by atoms with Crippen molar-refractivity contribution >= 4 is 23.3 Å². The average Bonchev–Trinajstić information content (AvgIpc) is 2.90. The van der Waals surface area contributed by atoms with Gasteiger partial charge in [-0.05, 0) is 36.5 Å². The van der Waals surface area contributed by atoms with E-state index in [1.807, 2.05) is 17.0 Å². The van der Waals surface area contributed by atoms with Crippen LogP contribution in [0.3, 0.4) is 0 Å². The van der Waals surface area contributed by atoms with Crippen LogP contribution in [0.15, 0.2) is 24.3 Å². The molecule has 5 unspecified atom stereocenters. The highest BCUT2D eigenvalue weighted by Crippen LogP contribution is 2.71. The number of carbonyl (C=O) groups is 2. The molecule has 0 spiro atoms. The highest BCUT2D eigenvalue weighted by molar-refractivity contribution is 6.30. The van der Waals surface area contributed by atoms with E-state index in [2.05, 4.69) is 11.8 Å². The van der Waals surface area contributed by atoms with Crippen molar-refractivity contribution in [3.63, 3.8) is 0 Å². The zero-order valence-corrected chi connectivity index (χ0v) is 15.1. The summed E-state index contributed by atoms with van der Waals surface area (Å²) in [5.74, 6) is 7.32. The molecule has 1 saturated heterocycles. The van der Waals surface area contributed by atoms with Crippen LogP contribution in [0.1, 0.15) is 24.8 Å². The highest BCUT2D eigenvalue weighted by atomic mass is 35.5. The van der Waals surface area contributed by atoms with Crippen molar-refractivity contribution < 1.29 is 14.7 Å². The topological polar surface area (TPSA) is 57.6 Å². The van der Waals surface area contributed by atoms with Crippen molar-refractivity contribution in [2.24, 2.45) is 29.6 Å². The third-order valence-electron chi connectivity index (χ3n) is 6.75. The van der Waals surface area contributed by atoms with E-state index < -0.39 is 5.60 Å². The summed E-state index contributed by atoms with van der Waals surface area (Å²) >= 11 is 5.96. The van der Waals surface area contributed by atoms with Gasteiger partial charge in [-0.1, -0.05) is 29.5 Å². The molecule has 0 radical (unpaired) electrons. The minimum absolute atomic E-state index is 0.0223. The Hall–Kier alpha value is -1.83. The number of likely N-dealkylation sites (tertiary alicyclic amines) is 1. The van der Waals surface area contributed by atoms with E-state index in [-0.39, 0.29) is 23.7 Å². The van der Waals surface area contributed by atoms with Crippen LogP contribution < -0.4 is 0 Å². The number of carbonyl (C=O) groups excluding carboxylic acids is 2. The zero-order valence-electron chi connectivity index (χ0n) is 14.3. The van der Waals surface area contributed by atoms with Gasteiger partial charge in [0.15, 0.2) is 0 Å². The van der Waals surface area contributed by atoms with Crippen molar-refractivity contribution in [2.45, 2.75) is 24.9 Å². The SMILES string of the molecule is O=C1C2CC3C1C3C2C(=O)N1CCC(O)(C#Cc2cccc(Cl)c2)CC1. The number of benzene rings is 1. The van der Waals surface area contributed by atoms with Gasteiger partial charge in [-0.15, -0.1) is 0 Å². The molecule has 1 heterocycles. The van der Waals surface area contributed by atoms with E-state index in [0.29, 0.717) is 48.6 Å². The Bertz CT molecular complexity index is 861. The third-order valence-corrected chi connectivity index (χ3v) is 6.98. The Morgan fingerprint density at radius 3 is 2.65 bits per heavy atom. The second-order valence-corrected chi connectivity index (χ2v) is 8.59. The van der Waals surface area contributed by atoms with Gasteiger partial charge in [-0.2, -0.15) is 0 Å². The lowest BCUT2D eigenvalue weighted by Crippen LogP contribution is -2.48. The molecule has 4 nitrogen and oxygen atoms in total. The summed E-state index contributed by atoms with van der Waals surface area (Å²) in [6.07, 6.45) is 1.80. The second-order valence-electron chi connectivity index (χ2n) is 8.15. The van der Waals surface area contributed by atoms with E-state index in [4.69, 9.17) is 11.6 Å². The van der Waals surface area contributed by atoms with Crippen LogP contribution in [0, 0.1) is 41.4 Å². The molecule has 134 valence electrons. The molecule has 0 aromatic heterocycles. The minimum atomic E-state index is -1.07. The maximum Gasteiger partial charge on any atom is 0.226 e. The fourth-order valence-corrected chi connectivity index (χ4v) is 5.56. The first kappa shape index (κ1) is 16.4. The molecule has 1 aromatic carbocycles. The molecule has 26 heavy (non-hydrogen) atoms. The summed E-state index contributed by atoms with van der Waals surface area (Å²) in [5.41, 5.74) is -0.303. The molecule has 1 aromatic rings. The zero-order chi connectivity index (χ0) is 18.1. The fraction of sp³-hybridized carbons (Fsp3) is 0.524. The summed E-state index contributed by atoms with van der Waals surface area (Å²) in [6.45, 7) is 0.998. The first-order chi connectivity index (χ1) is 12.5. The fourth-order valence-electron chi connectivity index (χ4n) is 5.37. The van der Waals surface area contributed by atoms with E-state index in [1.165, 1.54) is 0 Å². The summed E-state index contributed by atoms with van der Waals surface area (Å²) in [5, 5.41) is 11.3. The predicted molar refractivity (Wildman–Crippen MR) is 96.2 cm³/mol. The molecular weight excluding hydrogens is 350 g/mol. The second kappa shape index (κ2) is 5.58. The molecule has 5 heteroatoms. The molecule has 5 fully saturated rings. The van der Waals surface area contributed by atoms with Gasteiger partial charge in [0.2, 0.25) is 5.91 Å². The Morgan fingerprint density at radius 1 is 1.31 bits per heavy atom. The van der Waals surface area contributed by atoms with E-state index in [0.717, 1.165) is 12.0 Å². The highest BCUT2D eigenvalue weighted by Gasteiger charge is 2.75. The van der Waals surface area contributed by atoms with Gasteiger partial charge in [0.05, 0.1) is 5.92 Å². The van der Waals surface area contributed by atoms with Crippen LogP contribution in [0.25, 0.3) is 0 Å². The van der Waals surface area contributed by atoms with Gasteiger partial charge >= 0.3 is 0 Å². The van der Waals surface area contributed by atoms with Crippen LogP contribution in [0.4, 0.5) is 0 Å². The summed E-state index contributed by atoms with van der Waals surface area (Å²) in [4.78, 5) is 26.8. The van der Waals surface area contributed by atoms with E-state index in [1.54, 1.807) is 12.1 Å². The van der Waals surface area contributed by atoms with Gasteiger partial charge in [0.1, 0.15) is 11.4 Å². The van der Waals surface area contributed by atoms with Crippen molar-refractivity contribution in [1.82, 2.24) is 4.90 Å². The summed E-state index contributed by atoms with van der Waals surface area (Å²) in [6, 6.07) is 7.24. The van der Waals surface area contributed by atoms with Gasteiger partial charge in [-0.3, -0.25) is 9.59 Å². The number of ketones is 1. The molecular formula is C21H20ClNO3. The molecule has 5 aliphatic rings. The predicted octanol–water partition coefficient (Wildman–Crippen LogP) is 2.13. The Kier molecular flexibility index (Phi) is 3.51. The molecule has 4 aliphatic carbocycles. The molecule has 5 atom stereocenters. The number of halogens is 1. The number of aliphatic hydroxyl groups is 1. The van der Waals surface area contributed by atoms with Gasteiger partial charge in [-0.25, -0.2) is 0 Å². The number of nitrogens with zero attached hydrogens (tertiary/aromatic N) is 1. The number of rotatable bonds is 1. The molecule has 1 N–H and O–H groups in total. The average molecular weight is 370 g/mol. The number of amides is 1. The van der Waals surface area contributed by atoms with Crippen molar-refractivity contribution in [3.8, 4) is 11.8 Å². The maximum atomic E-state index is 12.9. The first-order valence-electron chi connectivity index (χ1n) is 9.30. The minimum Gasteiger partial charge on any atom is -0.377 e. The summed E-state index contributed by atoms with van der Waals surface area (Å²) < 4.78 is 0.